The second kappa shape index (κ2) is 7.48. The van der Waals surface area contributed by atoms with E-state index in [1.807, 2.05) is 37.4 Å². The van der Waals surface area contributed by atoms with Gasteiger partial charge in [0.25, 0.3) is 0 Å². The number of nitrogens with one attached hydrogen (secondary N) is 1. The molecular weight excluding hydrogens is 402 g/mol. The lowest BCUT2D eigenvalue weighted by molar-refractivity contribution is 0.712. The Morgan fingerprint density at radius 3 is 2.96 bits per heavy atom. The Morgan fingerprint density at radius 1 is 1.22 bits per heavy atom. The summed E-state index contributed by atoms with van der Waals surface area (Å²) in [7, 11) is 0. The first-order chi connectivity index (χ1) is 13.2. The topological polar surface area (TPSA) is 75.7 Å². The summed E-state index contributed by atoms with van der Waals surface area (Å²) in [6, 6.07) is 16.6. The van der Waals surface area contributed by atoms with E-state index in [0.29, 0.717) is 6.54 Å². The van der Waals surface area contributed by atoms with Crippen molar-refractivity contribution in [2.24, 2.45) is 15.9 Å². The molecule has 0 radical (unpaired) electrons. The predicted molar refractivity (Wildman–Crippen MR) is 116 cm³/mol. The lowest BCUT2D eigenvalue weighted by Crippen LogP contribution is -2.18. The van der Waals surface area contributed by atoms with Crippen LogP contribution in [-0.2, 0) is 0 Å². The fraction of sp³-hybridized carbons (Fsp3) is 0.190. The summed E-state index contributed by atoms with van der Waals surface area (Å²) in [5, 5.41) is 8.70. The molecule has 2 aromatic carbocycles. The first-order valence-corrected chi connectivity index (χ1v) is 9.66. The summed E-state index contributed by atoms with van der Waals surface area (Å²) in [5.41, 5.74) is 5.91. The van der Waals surface area contributed by atoms with E-state index in [1.165, 1.54) is 5.56 Å². The third kappa shape index (κ3) is 3.45. The van der Waals surface area contributed by atoms with Crippen LogP contribution in [0.25, 0.3) is 10.9 Å². The second-order valence-electron chi connectivity index (χ2n) is 6.54. The van der Waals surface area contributed by atoms with E-state index in [2.05, 4.69) is 55.6 Å². The highest BCUT2D eigenvalue weighted by Gasteiger charge is 2.23. The van der Waals surface area contributed by atoms with Gasteiger partial charge in [-0.1, -0.05) is 28.1 Å². The molecule has 27 heavy (non-hydrogen) atoms. The zero-order valence-corrected chi connectivity index (χ0v) is 16.6. The molecule has 6 heteroatoms. The maximum atomic E-state index is 5.54. The van der Waals surface area contributed by atoms with Crippen LogP contribution in [0, 0.1) is 0 Å². The highest BCUT2D eigenvalue weighted by Crippen LogP contribution is 2.33. The summed E-state index contributed by atoms with van der Waals surface area (Å²) >= 11 is 3.61. The molecule has 5 nitrogen and oxygen atoms in total. The molecule has 1 aliphatic heterocycles. The van der Waals surface area contributed by atoms with E-state index in [9.17, 15) is 0 Å². The summed E-state index contributed by atoms with van der Waals surface area (Å²) < 4.78 is 1.04. The lowest BCUT2D eigenvalue weighted by atomic mass is 9.94. The van der Waals surface area contributed by atoms with E-state index in [4.69, 9.17) is 10.8 Å². The number of hydrazone groups is 1. The van der Waals surface area contributed by atoms with Crippen LogP contribution in [0.3, 0.4) is 0 Å². The molecule has 0 aliphatic carbocycles. The van der Waals surface area contributed by atoms with Gasteiger partial charge in [0.15, 0.2) is 0 Å². The van der Waals surface area contributed by atoms with Crippen LogP contribution in [0.15, 0.2) is 69.3 Å². The molecule has 1 aliphatic rings. The molecule has 0 saturated heterocycles. The number of anilines is 1. The van der Waals surface area contributed by atoms with Gasteiger partial charge in [0.05, 0.1) is 23.0 Å². The summed E-state index contributed by atoms with van der Waals surface area (Å²) in [4.78, 5) is 9.22. The van der Waals surface area contributed by atoms with E-state index >= 15 is 0 Å². The van der Waals surface area contributed by atoms with Crippen LogP contribution in [-0.4, -0.2) is 23.0 Å². The molecule has 1 unspecified atom stereocenters. The molecule has 1 atom stereocenters. The van der Waals surface area contributed by atoms with E-state index in [0.717, 1.165) is 44.5 Å². The number of hydrogen-bond acceptors (Lipinski definition) is 5. The molecule has 0 bridgehead atoms. The molecule has 0 saturated carbocycles. The van der Waals surface area contributed by atoms with E-state index < -0.39 is 0 Å². The largest absolute Gasteiger partial charge is 0.378 e. The third-order valence-electron chi connectivity index (χ3n) is 4.84. The number of hydrogen-bond donors (Lipinski definition) is 2. The lowest BCUT2D eigenvalue weighted by Gasteiger charge is -2.22. The Morgan fingerprint density at radius 2 is 2.11 bits per heavy atom. The van der Waals surface area contributed by atoms with E-state index in [1.54, 1.807) is 0 Å². The Balaban J connectivity index is 1.79. The maximum Gasteiger partial charge on any atom is 0.0879 e. The average molecular weight is 422 g/mol. The van der Waals surface area contributed by atoms with Crippen LogP contribution >= 0.6 is 15.9 Å². The second-order valence-corrected chi connectivity index (χ2v) is 7.45. The molecule has 136 valence electrons. The fourth-order valence-electron chi connectivity index (χ4n) is 3.52. The van der Waals surface area contributed by atoms with Gasteiger partial charge in [-0.25, -0.2) is 0 Å². The number of halogens is 1. The van der Waals surface area contributed by atoms with Gasteiger partial charge in [0.1, 0.15) is 0 Å². The van der Waals surface area contributed by atoms with Crippen molar-refractivity contribution in [2.45, 2.75) is 19.4 Å². The minimum Gasteiger partial charge on any atom is -0.378 e. The number of aliphatic imine (C=N–C) groups is 1. The molecule has 3 N–H and O–H groups in total. The quantitative estimate of drug-likeness (QED) is 0.366. The van der Waals surface area contributed by atoms with Crippen molar-refractivity contribution >= 4 is 43.9 Å². The molecular formula is C21H20BrN5. The molecule has 4 rings (SSSR count). The number of nitrogens with zero attached hydrogens (tertiary/aromatic N) is 3. The van der Waals surface area contributed by atoms with Gasteiger partial charge >= 0.3 is 0 Å². The number of fused-ring (bicyclic) bond motifs is 2. The molecule has 1 aromatic heterocycles. The number of rotatable bonds is 3. The highest BCUT2D eigenvalue weighted by molar-refractivity contribution is 9.10. The standard InChI is InChI=1S/C21H20BrN5/c1-13(27-23)21-15-8-7-14(22)12-17(15)20(9-11-25-21)26-19-6-2-5-18-16(19)4-3-10-24-18/h2-8,10,12,20,26H,9,11,23H2,1H3. The number of benzene rings is 2. The number of pyridine rings is 1. The minimum atomic E-state index is 0.120. The smallest absolute Gasteiger partial charge is 0.0879 e. The number of nitrogens with two attached hydrogens (primary N) is 1. The van der Waals surface area contributed by atoms with Crippen molar-refractivity contribution in [3.05, 3.63) is 70.3 Å². The van der Waals surface area contributed by atoms with Crippen molar-refractivity contribution < 1.29 is 0 Å². The fourth-order valence-corrected chi connectivity index (χ4v) is 3.90. The van der Waals surface area contributed by atoms with Crippen molar-refractivity contribution in [1.82, 2.24) is 4.98 Å². The van der Waals surface area contributed by atoms with Crippen molar-refractivity contribution in [3.63, 3.8) is 0 Å². The molecule has 2 heterocycles. The molecule has 3 aromatic rings. The normalized spacial score (nSPS) is 17.2. The zero-order valence-electron chi connectivity index (χ0n) is 15.0. The van der Waals surface area contributed by atoms with Gasteiger partial charge < -0.3 is 11.2 Å². The summed E-state index contributed by atoms with van der Waals surface area (Å²) in [5.74, 6) is 5.54. The van der Waals surface area contributed by atoms with Gasteiger partial charge in [-0.05, 0) is 55.3 Å². The molecule has 0 spiro atoms. The Bertz CT molecular complexity index is 1050. The van der Waals surface area contributed by atoms with Gasteiger partial charge in [-0.15, -0.1) is 0 Å². The van der Waals surface area contributed by atoms with Gasteiger partial charge in [-0.3, -0.25) is 9.98 Å². The van der Waals surface area contributed by atoms with Crippen LogP contribution in [0.2, 0.25) is 0 Å². The van der Waals surface area contributed by atoms with Crippen molar-refractivity contribution in [1.29, 1.82) is 0 Å². The van der Waals surface area contributed by atoms with Crippen LogP contribution in [0.1, 0.15) is 30.5 Å². The summed E-state index contributed by atoms with van der Waals surface area (Å²) in [6.45, 7) is 2.60. The average Bonchev–Trinajstić information content (AvgIpc) is 2.87. The Kier molecular flexibility index (Phi) is 4.90. The zero-order chi connectivity index (χ0) is 18.8. The first-order valence-electron chi connectivity index (χ1n) is 8.87. The predicted octanol–water partition coefficient (Wildman–Crippen LogP) is 4.68. The highest BCUT2D eigenvalue weighted by atomic mass is 79.9. The monoisotopic (exact) mass is 421 g/mol. The van der Waals surface area contributed by atoms with Crippen molar-refractivity contribution in [3.8, 4) is 0 Å². The Labute approximate surface area is 166 Å². The minimum absolute atomic E-state index is 0.120. The van der Waals surface area contributed by atoms with Crippen LogP contribution < -0.4 is 11.2 Å². The first kappa shape index (κ1) is 17.7. The van der Waals surface area contributed by atoms with Gasteiger partial charge in [-0.2, -0.15) is 5.10 Å². The third-order valence-corrected chi connectivity index (χ3v) is 5.34. The Hall–Kier alpha value is -2.73. The maximum absolute atomic E-state index is 5.54. The number of aromatic nitrogens is 1. The molecule has 0 amide bonds. The summed E-state index contributed by atoms with van der Waals surface area (Å²) in [6.07, 6.45) is 2.70. The van der Waals surface area contributed by atoms with Crippen molar-refractivity contribution in [2.75, 3.05) is 11.9 Å². The van der Waals surface area contributed by atoms with E-state index in [-0.39, 0.29) is 6.04 Å². The SMILES string of the molecule is CC(=NN)C1=NCCC(Nc2cccc3ncccc23)c2cc(Br)ccc21. The van der Waals surface area contributed by atoms with Crippen LogP contribution in [0.4, 0.5) is 5.69 Å². The molecule has 0 fully saturated rings. The van der Waals surface area contributed by atoms with Crippen LogP contribution in [0.5, 0.6) is 0 Å². The van der Waals surface area contributed by atoms with Gasteiger partial charge in [0, 0.05) is 33.9 Å². The van der Waals surface area contributed by atoms with Gasteiger partial charge in [0.2, 0.25) is 0 Å².